The first kappa shape index (κ1) is 22.5. The van der Waals surface area contributed by atoms with E-state index in [1.807, 2.05) is 0 Å². The molecule has 0 N–H and O–H groups in total. The van der Waals surface area contributed by atoms with E-state index in [4.69, 9.17) is 23.7 Å². The molecule has 0 saturated heterocycles. The molecule has 0 atom stereocenters. The molecule has 6 nitrogen and oxygen atoms in total. The fourth-order valence-electron chi connectivity index (χ4n) is 0. The van der Waals surface area contributed by atoms with Gasteiger partial charge in [-0.3, -0.25) is 0 Å². The molecule has 0 heterocycles. The van der Waals surface area contributed by atoms with Gasteiger partial charge >= 0.3 is 96.7 Å². The van der Waals surface area contributed by atoms with Gasteiger partial charge in [0.1, 0.15) is 0 Å². The summed E-state index contributed by atoms with van der Waals surface area (Å²) in [5.41, 5.74) is 0. The Bertz CT molecular complexity index is 49.7. The third-order valence-electron chi connectivity index (χ3n) is 0. The van der Waals surface area contributed by atoms with Gasteiger partial charge in [-0.25, -0.2) is 0 Å². The summed E-state index contributed by atoms with van der Waals surface area (Å²) in [6.07, 6.45) is 0. The van der Waals surface area contributed by atoms with Crippen LogP contribution >= 0.6 is 0 Å². The van der Waals surface area contributed by atoms with Crippen LogP contribution in [-0.4, -0.2) is 47.1 Å². The molecule has 0 aliphatic rings. The molecule has 0 aromatic heterocycles. The van der Waals surface area contributed by atoms with E-state index in [-0.39, 0.29) is 25.8 Å². The van der Waals surface area contributed by atoms with Crippen molar-refractivity contribution in [3.63, 3.8) is 0 Å². The van der Waals surface area contributed by atoms with Crippen molar-refractivity contribution in [2.75, 3.05) is 0 Å². The van der Waals surface area contributed by atoms with Crippen molar-refractivity contribution in [1.82, 2.24) is 0 Å². The van der Waals surface area contributed by atoms with E-state index in [1.165, 1.54) is 0 Å². The van der Waals surface area contributed by atoms with Crippen molar-refractivity contribution < 1.29 is 49.6 Å². The Morgan fingerprint density at radius 1 is 0.700 bits per heavy atom. The van der Waals surface area contributed by atoms with Crippen LogP contribution in [0.1, 0.15) is 0 Å². The van der Waals surface area contributed by atoms with Gasteiger partial charge in [0, 0.05) is 0 Å². The van der Waals surface area contributed by atoms with Crippen LogP contribution in [0.2, 0.25) is 0 Å². The zero-order chi connectivity index (χ0) is 8.12. The number of rotatable bonds is 0. The van der Waals surface area contributed by atoms with E-state index in [0.29, 0.717) is 0 Å². The Kier molecular flexibility index (Phi) is 108. The summed E-state index contributed by atoms with van der Waals surface area (Å²) in [6, 6.07) is 0. The third-order valence-corrected chi connectivity index (χ3v) is 0. The molecule has 0 aliphatic heterocycles. The smallest absolute Gasteiger partial charge is 3.00 e. The van der Waals surface area contributed by atoms with Crippen LogP contribution in [0.4, 0.5) is 0 Å². The van der Waals surface area contributed by atoms with Crippen molar-refractivity contribution in [3.05, 3.63) is 0 Å². The minimum absolute atomic E-state index is 0. The summed E-state index contributed by atoms with van der Waals surface area (Å²) in [4.78, 5) is 0. The van der Waals surface area contributed by atoms with Crippen LogP contribution < -0.4 is 12.4 Å². The molecule has 0 bridgehead atoms. The van der Waals surface area contributed by atoms with Crippen LogP contribution in [0.3, 0.4) is 0 Å². The van der Waals surface area contributed by atoms with Gasteiger partial charge in [0.05, 0.1) is 0 Å². The molecule has 0 aromatic rings. The predicted molar refractivity (Wildman–Crippen MR) is 23.5 cm³/mol. The zero-order valence-electron chi connectivity index (χ0n) is 4.76. The van der Waals surface area contributed by atoms with Crippen molar-refractivity contribution in [2.24, 2.45) is 0 Å². The van der Waals surface area contributed by atoms with Crippen LogP contribution in [-0.2, 0) is 37.2 Å². The van der Waals surface area contributed by atoms with E-state index in [2.05, 4.69) is 0 Å². The molecule has 0 spiro atoms. The Balaban J connectivity index is -0.0000000257. The average molecular weight is 362 g/mol. The predicted octanol–water partition coefficient (Wildman–Crippen LogP) is -5.87. The van der Waals surface area contributed by atoms with Gasteiger partial charge in [-0.2, -0.15) is 0 Å². The SMILES string of the molecule is [O]=[GeH][O-].[O]=[GeH][O-].[O]=[GeH][O-].[Sc+3]. The van der Waals surface area contributed by atoms with E-state index < -0.39 is 47.1 Å². The van der Waals surface area contributed by atoms with E-state index in [0.717, 1.165) is 0 Å². The van der Waals surface area contributed by atoms with Gasteiger partial charge in [-0.05, 0) is 0 Å². The molecule has 10 heavy (non-hydrogen) atoms. The molecule has 0 fully saturated rings. The van der Waals surface area contributed by atoms with E-state index >= 15 is 0 Å². The Labute approximate surface area is 95.7 Å². The second kappa shape index (κ2) is 48.2. The summed E-state index contributed by atoms with van der Waals surface area (Å²) in [5.74, 6) is 0. The maximum atomic E-state index is 8.53. The fraction of sp³-hybridized carbons (Fsp3) is 0. The third kappa shape index (κ3) is 380. The first-order valence-corrected chi connectivity index (χ1v) is 7.35. The largest absolute Gasteiger partial charge is 3.00 e. The van der Waals surface area contributed by atoms with Gasteiger partial charge in [0.25, 0.3) is 0 Å². The molecule has 0 amide bonds. The quantitative estimate of drug-likeness (QED) is 0.396. The molecule has 0 rings (SSSR count). The van der Waals surface area contributed by atoms with Gasteiger partial charge in [-0.1, -0.05) is 0 Å². The van der Waals surface area contributed by atoms with E-state index in [1.54, 1.807) is 0 Å². The maximum absolute atomic E-state index is 8.53. The molecular formula is H3Ge3O6Sc. The minimum Gasteiger partial charge on any atom is 3.00 e. The summed E-state index contributed by atoms with van der Waals surface area (Å²) in [7, 11) is 0. The fourth-order valence-corrected chi connectivity index (χ4v) is 0. The van der Waals surface area contributed by atoms with Gasteiger partial charge in [0.15, 0.2) is 0 Å². The molecule has 0 aliphatic carbocycles. The second-order valence-corrected chi connectivity index (χ2v) is 1.50. The molecule has 0 radical (unpaired) electrons. The van der Waals surface area contributed by atoms with Gasteiger partial charge in [-0.15, -0.1) is 0 Å². The zero-order valence-corrected chi connectivity index (χ0v) is 13.8. The first-order chi connectivity index (χ1) is 4.24. The summed E-state index contributed by atoms with van der Waals surface area (Å²) in [5, 5.41) is 0. The Morgan fingerprint density at radius 3 is 0.700 bits per heavy atom. The van der Waals surface area contributed by atoms with Crippen LogP contribution in [0.25, 0.3) is 0 Å². The van der Waals surface area contributed by atoms with Crippen LogP contribution in [0, 0.1) is 0 Å². The molecule has 10 heteroatoms. The molecule has 0 aromatic carbocycles. The Morgan fingerprint density at radius 2 is 0.700 bits per heavy atom. The minimum atomic E-state index is -2.19. The van der Waals surface area contributed by atoms with Crippen LogP contribution in [0.5, 0.6) is 0 Å². The maximum Gasteiger partial charge on any atom is 3.00 e. The Hall–Kier alpha value is 1.30. The number of hydrogen-bond donors (Lipinski definition) is 0. The van der Waals surface area contributed by atoms with Gasteiger partial charge in [0.2, 0.25) is 0 Å². The van der Waals surface area contributed by atoms with Crippen LogP contribution in [0.15, 0.2) is 0 Å². The van der Waals surface area contributed by atoms with Crippen molar-refractivity contribution >= 4 is 47.1 Å². The normalized spacial score (nSPS) is 3.60. The summed E-state index contributed by atoms with van der Waals surface area (Å²) < 4.78 is 51.2. The van der Waals surface area contributed by atoms with Crippen molar-refractivity contribution in [1.29, 1.82) is 0 Å². The topological polar surface area (TPSA) is 120 Å². The second-order valence-electron chi connectivity index (χ2n) is 0.289. The van der Waals surface area contributed by atoms with E-state index in [9.17, 15) is 0 Å². The monoisotopic (exact) mass is 366 g/mol. The molecule has 0 unspecified atom stereocenters. The molecular weight excluding hydrogens is 359 g/mol. The van der Waals surface area contributed by atoms with Gasteiger partial charge < -0.3 is 0 Å². The molecule has 0 saturated carbocycles. The standard InChI is InChI=1S/3GeHO2.Sc/c3*2-1-3;/h3*1H;/q3*-1;+3. The van der Waals surface area contributed by atoms with Crippen molar-refractivity contribution in [2.45, 2.75) is 0 Å². The molecule has 54 valence electrons. The summed E-state index contributed by atoms with van der Waals surface area (Å²) >= 11 is -6.56. The first-order valence-electron chi connectivity index (χ1n) is 1.41. The number of hydrogen-bond acceptors (Lipinski definition) is 6. The summed E-state index contributed by atoms with van der Waals surface area (Å²) in [6.45, 7) is 0. The van der Waals surface area contributed by atoms with Crippen molar-refractivity contribution in [3.8, 4) is 0 Å². The average Bonchev–Trinajstić information content (AvgIpc) is 1.70.